The Morgan fingerprint density at radius 3 is 2.76 bits per heavy atom. The van der Waals surface area contributed by atoms with Crippen molar-refractivity contribution in [3.05, 3.63) is 35.4 Å². The molecular weight excluding hydrogens is 314 g/mol. The maximum absolute atomic E-state index is 13.1. The summed E-state index contributed by atoms with van der Waals surface area (Å²) in [4.78, 5) is 15.1. The highest BCUT2D eigenvalue weighted by atomic mass is 16.2. The minimum Gasteiger partial charge on any atom is -0.336 e. The number of nitrogens with one attached hydrogen (secondary N) is 1. The Morgan fingerprint density at radius 1 is 1.16 bits per heavy atom. The van der Waals surface area contributed by atoms with Gasteiger partial charge in [0.1, 0.15) is 0 Å². The number of rotatable bonds is 3. The van der Waals surface area contributed by atoms with Gasteiger partial charge in [0, 0.05) is 25.2 Å². The van der Waals surface area contributed by atoms with Gasteiger partial charge >= 0.3 is 0 Å². The van der Waals surface area contributed by atoms with Crippen LogP contribution in [0.1, 0.15) is 78.5 Å². The van der Waals surface area contributed by atoms with Crippen molar-refractivity contribution in [3.8, 4) is 0 Å². The molecule has 2 aliphatic rings. The minimum atomic E-state index is 0.128. The number of aromatic nitrogens is 4. The van der Waals surface area contributed by atoms with Crippen LogP contribution < -0.4 is 0 Å². The second-order valence-electron chi connectivity index (χ2n) is 7.58. The number of hydrogen-bond donors (Lipinski definition) is 1. The first kappa shape index (κ1) is 16.4. The lowest BCUT2D eigenvalue weighted by Crippen LogP contribution is -2.41. The van der Waals surface area contributed by atoms with Gasteiger partial charge in [-0.05, 0) is 38.2 Å². The van der Waals surface area contributed by atoms with E-state index >= 15 is 0 Å². The molecule has 2 aromatic heterocycles. The lowest BCUT2D eigenvalue weighted by molar-refractivity contribution is 0.0671. The molecule has 0 unspecified atom stereocenters. The van der Waals surface area contributed by atoms with Crippen LogP contribution in [0.5, 0.6) is 0 Å². The average Bonchev–Trinajstić information content (AvgIpc) is 3.31. The van der Waals surface area contributed by atoms with Crippen LogP contribution in [-0.4, -0.2) is 43.9 Å². The van der Waals surface area contributed by atoms with Crippen LogP contribution >= 0.6 is 0 Å². The smallest absolute Gasteiger partial charge is 0.257 e. The highest BCUT2D eigenvalue weighted by Crippen LogP contribution is 2.34. The zero-order chi connectivity index (χ0) is 17.2. The largest absolute Gasteiger partial charge is 0.336 e. The second-order valence-corrected chi connectivity index (χ2v) is 7.58. The Kier molecular flexibility index (Phi) is 4.59. The number of aryl methyl sites for hydroxylation is 1. The van der Waals surface area contributed by atoms with Crippen molar-refractivity contribution >= 4 is 5.91 Å². The molecule has 1 atom stereocenters. The summed E-state index contributed by atoms with van der Waals surface area (Å²) in [5.41, 5.74) is 3.00. The molecule has 2 aromatic rings. The Morgan fingerprint density at radius 2 is 2.00 bits per heavy atom. The lowest BCUT2D eigenvalue weighted by atomic mass is 9.85. The number of amides is 1. The zero-order valence-corrected chi connectivity index (χ0v) is 14.9. The van der Waals surface area contributed by atoms with Crippen molar-refractivity contribution < 1.29 is 4.79 Å². The van der Waals surface area contributed by atoms with Crippen molar-refractivity contribution in [2.45, 2.75) is 63.8 Å². The van der Waals surface area contributed by atoms with Crippen molar-refractivity contribution in [2.24, 2.45) is 0 Å². The van der Waals surface area contributed by atoms with E-state index in [2.05, 4.69) is 28.4 Å². The number of hydrogen-bond acceptors (Lipinski definition) is 3. The van der Waals surface area contributed by atoms with Gasteiger partial charge in [-0.25, -0.2) is 0 Å². The fourth-order valence-corrected chi connectivity index (χ4v) is 4.33. The third kappa shape index (κ3) is 3.34. The molecule has 1 amide bonds. The summed E-state index contributed by atoms with van der Waals surface area (Å²) in [5, 5.41) is 11.8. The maximum atomic E-state index is 13.1. The summed E-state index contributed by atoms with van der Waals surface area (Å²) < 4.78 is 2.02. The minimum absolute atomic E-state index is 0.128. The maximum Gasteiger partial charge on any atom is 0.257 e. The van der Waals surface area contributed by atoms with Crippen molar-refractivity contribution in [3.63, 3.8) is 0 Å². The zero-order valence-electron chi connectivity index (χ0n) is 14.9. The molecule has 134 valence electrons. The van der Waals surface area contributed by atoms with Gasteiger partial charge < -0.3 is 4.90 Å². The number of nitrogens with zero attached hydrogens (tertiary/aromatic N) is 4. The molecule has 3 heterocycles. The summed E-state index contributed by atoms with van der Waals surface area (Å²) in [6, 6.07) is 0.274. The molecular formula is C19H27N5O. The molecule has 0 aromatic carbocycles. The highest BCUT2D eigenvalue weighted by Gasteiger charge is 2.30. The van der Waals surface area contributed by atoms with Crippen LogP contribution in [0.25, 0.3) is 0 Å². The number of aromatic amines is 1. The molecule has 1 N–H and O–H groups in total. The van der Waals surface area contributed by atoms with E-state index < -0.39 is 0 Å². The molecule has 0 bridgehead atoms. The average molecular weight is 341 g/mol. The molecule has 1 saturated heterocycles. The number of piperidine rings is 1. The van der Waals surface area contributed by atoms with Gasteiger partial charge in [-0.2, -0.15) is 10.2 Å². The van der Waals surface area contributed by atoms with E-state index in [0.717, 1.165) is 55.6 Å². The third-order valence-electron chi connectivity index (χ3n) is 5.70. The summed E-state index contributed by atoms with van der Waals surface area (Å²) in [7, 11) is 0. The fraction of sp³-hybridized carbons (Fsp3) is 0.632. The van der Waals surface area contributed by atoms with E-state index in [4.69, 9.17) is 0 Å². The quantitative estimate of drug-likeness (QED) is 0.930. The van der Waals surface area contributed by atoms with Crippen LogP contribution in [0.15, 0.2) is 18.6 Å². The van der Waals surface area contributed by atoms with Crippen LogP contribution in [0.3, 0.4) is 0 Å². The first-order valence-electron chi connectivity index (χ1n) is 9.55. The number of carbonyl (C=O) groups is 1. The van der Waals surface area contributed by atoms with E-state index in [9.17, 15) is 4.79 Å². The summed E-state index contributed by atoms with van der Waals surface area (Å²) >= 11 is 0. The van der Waals surface area contributed by atoms with Gasteiger partial charge in [0.15, 0.2) is 0 Å². The molecule has 2 fully saturated rings. The SMILES string of the molecule is Cc1cnn([C@@H]2CCCN(C(=O)c3cn[nH]c3C3CCCCC3)C2)c1. The van der Waals surface area contributed by atoms with E-state index in [1.165, 1.54) is 19.3 Å². The van der Waals surface area contributed by atoms with Crippen molar-refractivity contribution in [2.75, 3.05) is 13.1 Å². The standard InChI is InChI=1S/C19H27N5O/c1-14-10-21-24(12-14)16-8-5-9-23(13-16)19(25)17-11-20-22-18(17)15-6-3-2-4-7-15/h10-12,15-16H,2-9,13H2,1H3,(H,20,22)/t16-/m1/s1. The van der Waals surface area contributed by atoms with Crippen molar-refractivity contribution in [1.82, 2.24) is 24.9 Å². The summed E-state index contributed by atoms with van der Waals surface area (Å²) in [6.07, 6.45) is 13.9. The van der Waals surface area contributed by atoms with E-state index in [1.807, 2.05) is 15.8 Å². The Balaban J connectivity index is 1.50. The first-order valence-corrected chi connectivity index (χ1v) is 9.55. The van der Waals surface area contributed by atoms with Gasteiger partial charge in [-0.1, -0.05) is 19.3 Å². The van der Waals surface area contributed by atoms with Crippen molar-refractivity contribution in [1.29, 1.82) is 0 Å². The second kappa shape index (κ2) is 7.02. The predicted octanol–water partition coefficient (Wildman–Crippen LogP) is 3.44. The molecule has 1 aliphatic heterocycles. The number of H-pyrrole nitrogens is 1. The van der Waals surface area contributed by atoms with Gasteiger partial charge in [-0.15, -0.1) is 0 Å². The normalized spacial score (nSPS) is 22.3. The predicted molar refractivity (Wildman–Crippen MR) is 95.6 cm³/mol. The number of carbonyl (C=O) groups excluding carboxylic acids is 1. The van der Waals surface area contributed by atoms with E-state index in [-0.39, 0.29) is 11.9 Å². The third-order valence-corrected chi connectivity index (χ3v) is 5.70. The van der Waals surface area contributed by atoms with Gasteiger partial charge in [0.05, 0.1) is 29.7 Å². The van der Waals surface area contributed by atoms with Crippen LogP contribution in [0, 0.1) is 6.92 Å². The summed E-state index contributed by atoms with van der Waals surface area (Å²) in [5.74, 6) is 0.590. The molecule has 0 radical (unpaired) electrons. The molecule has 6 nitrogen and oxygen atoms in total. The van der Waals surface area contributed by atoms with Gasteiger partial charge in [0.25, 0.3) is 5.91 Å². The molecule has 1 saturated carbocycles. The van der Waals surface area contributed by atoms with Crippen LogP contribution in [0.4, 0.5) is 0 Å². The van der Waals surface area contributed by atoms with E-state index in [1.54, 1.807) is 6.20 Å². The monoisotopic (exact) mass is 341 g/mol. The fourth-order valence-electron chi connectivity index (χ4n) is 4.33. The Labute approximate surface area is 148 Å². The molecule has 0 spiro atoms. The highest BCUT2D eigenvalue weighted by molar-refractivity contribution is 5.95. The Hall–Kier alpha value is -2.11. The first-order chi connectivity index (χ1) is 12.2. The molecule has 25 heavy (non-hydrogen) atoms. The molecule has 6 heteroatoms. The number of likely N-dealkylation sites (tertiary alicyclic amines) is 1. The molecule has 4 rings (SSSR count). The van der Waals surface area contributed by atoms with Crippen LogP contribution in [-0.2, 0) is 0 Å². The van der Waals surface area contributed by atoms with Gasteiger partial charge in [-0.3, -0.25) is 14.6 Å². The molecule has 1 aliphatic carbocycles. The topological polar surface area (TPSA) is 66.8 Å². The van der Waals surface area contributed by atoms with Crippen LogP contribution in [0.2, 0.25) is 0 Å². The Bertz CT molecular complexity index is 728. The summed E-state index contributed by atoms with van der Waals surface area (Å²) in [6.45, 7) is 3.61. The lowest BCUT2D eigenvalue weighted by Gasteiger charge is -2.33. The van der Waals surface area contributed by atoms with E-state index in [0.29, 0.717) is 5.92 Å². The van der Waals surface area contributed by atoms with Gasteiger partial charge in [0.2, 0.25) is 0 Å².